The Labute approximate surface area is 96.4 Å². The third-order valence-electron chi connectivity index (χ3n) is 2.33. The van der Waals surface area contributed by atoms with Crippen molar-refractivity contribution in [1.82, 2.24) is 0 Å². The highest BCUT2D eigenvalue weighted by atomic mass is 35.5. The predicted octanol–water partition coefficient (Wildman–Crippen LogP) is 2.49. The highest BCUT2D eigenvalue weighted by Crippen LogP contribution is 2.13. The molecule has 84 valence electrons. The van der Waals surface area contributed by atoms with Crippen molar-refractivity contribution in [3.8, 4) is 0 Å². The topological polar surface area (TPSA) is 35.2 Å². The fourth-order valence-corrected chi connectivity index (χ4v) is 1.57. The maximum atomic E-state index is 5.82. The van der Waals surface area contributed by atoms with Gasteiger partial charge in [0.05, 0.1) is 6.61 Å². The molecule has 0 aliphatic rings. The standard InChI is InChI=1S/C12H18ClNO/c1-2-15-9-11(8-14)7-10-3-5-12(13)6-4-10/h3-6,11H,2,7-9,14H2,1H3. The Bertz CT molecular complexity index is 273. The van der Waals surface area contributed by atoms with E-state index in [-0.39, 0.29) is 0 Å². The second-order valence-corrected chi connectivity index (χ2v) is 4.03. The van der Waals surface area contributed by atoms with Crippen LogP contribution in [0.5, 0.6) is 0 Å². The Morgan fingerprint density at radius 2 is 2.00 bits per heavy atom. The molecule has 1 rings (SSSR count). The summed E-state index contributed by atoms with van der Waals surface area (Å²) >= 11 is 5.82. The average molecular weight is 228 g/mol. The number of nitrogens with two attached hydrogens (primary N) is 1. The van der Waals surface area contributed by atoms with Crippen LogP contribution in [0.1, 0.15) is 12.5 Å². The molecule has 0 heterocycles. The predicted molar refractivity (Wildman–Crippen MR) is 64.2 cm³/mol. The molecule has 0 spiro atoms. The molecule has 2 N–H and O–H groups in total. The van der Waals surface area contributed by atoms with Gasteiger partial charge in [-0.3, -0.25) is 0 Å². The van der Waals surface area contributed by atoms with Crippen LogP contribution in [0.2, 0.25) is 5.02 Å². The van der Waals surface area contributed by atoms with E-state index in [1.807, 2.05) is 31.2 Å². The zero-order valence-corrected chi connectivity index (χ0v) is 9.83. The van der Waals surface area contributed by atoms with E-state index in [9.17, 15) is 0 Å². The van der Waals surface area contributed by atoms with Crippen LogP contribution in [-0.4, -0.2) is 19.8 Å². The molecule has 1 unspecified atom stereocenters. The third-order valence-corrected chi connectivity index (χ3v) is 2.58. The molecule has 1 atom stereocenters. The lowest BCUT2D eigenvalue weighted by Gasteiger charge is -2.14. The highest BCUT2D eigenvalue weighted by Gasteiger charge is 2.07. The smallest absolute Gasteiger partial charge is 0.0509 e. The first-order valence-electron chi connectivity index (χ1n) is 5.28. The number of halogens is 1. The van der Waals surface area contributed by atoms with E-state index in [1.54, 1.807) is 0 Å². The van der Waals surface area contributed by atoms with Gasteiger partial charge in [-0.25, -0.2) is 0 Å². The molecule has 1 aromatic rings. The first-order chi connectivity index (χ1) is 7.26. The molecule has 0 aliphatic heterocycles. The normalized spacial score (nSPS) is 12.7. The Morgan fingerprint density at radius 1 is 1.33 bits per heavy atom. The highest BCUT2D eigenvalue weighted by molar-refractivity contribution is 6.30. The zero-order valence-electron chi connectivity index (χ0n) is 9.08. The van der Waals surface area contributed by atoms with Gasteiger partial charge in [-0.05, 0) is 43.5 Å². The largest absolute Gasteiger partial charge is 0.381 e. The Hall–Kier alpha value is -0.570. The third kappa shape index (κ3) is 4.65. The molecule has 0 aliphatic carbocycles. The van der Waals surface area contributed by atoms with Gasteiger partial charge in [-0.1, -0.05) is 23.7 Å². The van der Waals surface area contributed by atoms with Gasteiger partial charge in [0.2, 0.25) is 0 Å². The van der Waals surface area contributed by atoms with Crippen LogP contribution >= 0.6 is 11.6 Å². The van der Waals surface area contributed by atoms with Gasteiger partial charge in [0.15, 0.2) is 0 Å². The van der Waals surface area contributed by atoms with E-state index >= 15 is 0 Å². The fourth-order valence-electron chi connectivity index (χ4n) is 1.45. The van der Waals surface area contributed by atoms with Crippen LogP contribution in [0, 0.1) is 5.92 Å². The molecule has 1 aromatic carbocycles. The number of benzene rings is 1. The maximum Gasteiger partial charge on any atom is 0.0509 e. The van der Waals surface area contributed by atoms with Crippen molar-refractivity contribution in [3.63, 3.8) is 0 Å². The van der Waals surface area contributed by atoms with Crippen molar-refractivity contribution in [1.29, 1.82) is 0 Å². The molecular weight excluding hydrogens is 210 g/mol. The summed E-state index contributed by atoms with van der Waals surface area (Å²) in [7, 11) is 0. The van der Waals surface area contributed by atoms with E-state index in [0.717, 1.165) is 24.7 Å². The summed E-state index contributed by atoms with van der Waals surface area (Å²) in [6.07, 6.45) is 0.952. The van der Waals surface area contributed by atoms with Gasteiger partial charge >= 0.3 is 0 Å². The van der Waals surface area contributed by atoms with E-state index in [4.69, 9.17) is 22.1 Å². The lowest BCUT2D eigenvalue weighted by Crippen LogP contribution is -2.22. The molecule has 0 fully saturated rings. The van der Waals surface area contributed by atoms with Crippen molar-refractivity contribution < 1.29 is 4.74 Å². The molecule has 0 saturated carbocycles. The molecular formula is C12H18ClNO. The first-order valence-corrected chi connectivity index (χ1v) is 5.66. The maximum absolute atomic E-state index is 5.82. The van der Waals surface area contributed by atoms with Crippen molar-refractivity contribution in [2.24, 2.45) is 11.7 Å². The van der Waals surface area contributed by atoms with E-state index in [1.165, 1.54) is 5.56 Å². The van der Waals surface area contributed by atoms with Crippen molar-refractivity contribution in [2.45, 2.75) is 13.3 Å². The summed E-state index contributed by atoms with van der Waals surface area (Å²) in [5.41, 5.74) is 6.94. The molecule has 15 heavy (non-hydrogen) atoms. The van der Waals surface area contributed by atoms with Gasteiger partial charge in [0.1, 0.15) is 0 Å². The van der Waals surface area contributed by atoms with Crippen LogP contribution in [0.4, 0.5) is 0 Å². The second kappa shape index (κ2) is 6.83. The van der Waals surface area contributed by atoms with Gasteiger partial charge in [0.25, 0.3) is 0 Å². The average Bonchev–Trinajstić information content (AvgIpc) is 2.27. The lowest BCUT2D eigenvalue weighted by atomic mass is 10.0. The minimum absolute atomic E-state index is 0.395. The van der Waals surface area contributed by atoms with Gasteiger partial charge in [-0.2, -0.15) is 0 Å². The Kier molecular flexibility index (Phi) is 5.69. The Balaban J connectivity index is 2.47. The van der Waals surface area contributed by atoms with Gasteiger partial charge in [-0.15, -0.1) is 0 Å². The molecule has 0 radical (unpaired) electrons. The SMILES string of the molecule is CCOCC(CN)Cc1ccc(Cl)cc1. The summed E-state index contributed by atoms with van der Waals surface area (Å²) in [5, 5.41) is 0.771. The summed E-state index contributed by atoms with van der Waals surface area (Å²) in [6.45, 7) is 4.13. The van der Waals surface area contributed by atoms with Crippen molar-refractivity contribution in [2.75, 3.05) is 19.8 Å². The van der Waals surface area contributed by atoms with Crippen LogP contribution in [-0.2, 0) is 11.2 Å². The molecule has 2 nitrogen and oxygen atoms in total. The molecule has 0 aromatic heterocycles. The summed E-state index contributed by atoms with van der Waals surface area (Å²) in [5.74, 6) is 0.395. The minimum atomic E-state index is 0.395. The quantitative estimate of drug-likeness (QED) is 0.811. The van der Waals surface area contributed by atoms with E-state index in [2.05, 4.69) is 0 Å². The fraction of sp³-hybridized carbons (Fsp3) is 0.500. The monoisotopic (exact) mass is 227 g/mol. The zero-order chi connectivity index (χ0) is 11.1. The first kappa shape index (κ1) is 12.5. The van der Waals surface area contributed by atoms with E-state index < -0.39 is 0 Å². The molecule has 3 heteroatoms. The van der Waals surface area contributed by atoms with Crippen LogP contribution in [0.25, 0.3) is 0 Å². The summed E-state index contributed by atoms with van der Waals surface area (Å²) in [4.78, 5) is 0. The number of ether oxygens (including phenoxy) is 1. The van der Waals surface area contributed by atoms with Gasteiger partial charge < -0.3 is 10.5 Å². The van der Waals surface area contributed by atoms with E-state index in [0.29, 0.717) is 12.5 Å². The van der Waals surface area contributed by atoms with Crippen LogP contribution in [0.3, 0.4) is 0 Å². The number of hydrogen-bond acceptors (Lipinski definition) is 2. The molecule has 0 saturated heterocycles. The lowest BCUT2D eigenvalue weighted by molar-refractivity contribution is 0.113. The van der Waals surface area contributed by atoms with Crippen LogP contribution in [0.15, 0.2) is 24.3 Å². The Morgan fingerprint density at radius 3 is 2.53 bits per heavy atom. The number of hydrogen-bond donors (Lipinski definition) is 1. The molecule has 0 bridgehead atoms. The van der Waals surface area contributed by atoms with Gasteiger partial charge in [0, 0.05) is 11.6 Å². The molecule has 0 amide bonds. The summed E-state index contributed by atoms with van der Waals surface area (Å²) < 4.78 is 5.38. The van der Waals surface area contributed by atoms with Crippen molar-refractivity contribution >= 4 is 11.6 Å². The summed E-state index contributed by atoms with van der Waals surface area (Å²) in [6, 6.07) is 7.89. The number of rotatable bonds is 6. The van der Waals surface area contributed by atoms with Crippen LogP contribution < -0.4 is 5.73 Å². The minimum Gasteiger partial charge on any atom is -0.381 e. The second-order valence-electron chi connectivity index (χ2n) is 3.59. The van der Waals surface area contributed by atoms with Crippen molar-refractivity contribution in [3.05, 3.63) is 34.9 Å².